The van der Waals surface area contributed by atoms with Gasteiger partial charge in [0.1, 0.15) is 0 Å². The van der Waals surface area contributed by atoms with Gasteiger partial charge < -0.3 is 15.0 Å². The highest BCUT2D eigenvalue weighted by molar-refractivity contribution is 5.92. The molecule has 0 saturated carbocycles. The van der Waals surface area contributed by atoms with Crippen molar-refractivity contribution in [3.8, 4) is 5.95 Å². The molecule has 7 nitrogen and oxygen atoms in total. The molecule has 0 amide bonds. The van der Waals surface area contributed by atoms with E-state index in [0.29, 0.717) is 5.95 Å². The number of aryl methyl sites for hydroxylation is 1. The van der Waals surface area contributed by atoms with Gasteiger partial charge in [0.25, 0.3) is 0 Å². The molecule has 2 N–H and O–H groups in total. The Balaban J connectivity index is 2.46. The van der Waals surface area contributed by atoms with Gasteiger partial charge >= 0.3 is 5.97 Å². The van der Waals surface area contributed by atoms with Crippen LogP contribution in [0, 0.1) is 0 Å². The highest BCUT2D eigenvalue weighted by Gasteiger charge is 2.16. The van der Waals surface area contributed by atoms with Crippen LogP contribution in [-0.2, 0) is 11.8 Å². The number of ether oxygens (including phenoxy) is 1. The van der Waals surface area contributed by atoms with Crippen LogP contribution < -0.4 is 5.73 Å². The molecule has 2 aromatic rings. The van der Waals surface area contributed by atoms with Gasteiger partial charge in [0, 0.05) is 19.4 Å². The molecule has 2 rings (SSSR count). The molecule has 0 spiro atoms. The molecule has 0 fully saturated rings. The maximum atomic E-state index is 11.3. The molecular formula is C9H11N5O2. The number of carbonyl (C=O) groups is 1. The minimum atomic E-state index is -0.564. The Bertz CT molecular complexity index is 528. The molecule has 7 heteroatoms. The van der Waals surface area contributed by atoms with E-state index in [2.05, 4.69) is 14.8 Å². The first-order valence-corrected chi connectivity index (χ1v) is 4.54. The number of nitrogens with zero attached hydrogens (tertiary/aromatic N) is 4. The van der Waals surface area contributed by atoms with E-state index in [0.717, 1.165) is 0 Å². The summed E-state index contributed by atoms with van der Waals surface area (Å²) in [6.07, 6.45) is 4.92. The summed E-state index contributed by atoms with van der Waals surface area (Å²) >= 11 is 0. The number of hydrogen-bond acceptors (Lipinski definition) is 5. The largest absolute Gasteiger partial charge is 0.464 e. The van der Waals surface area contributed by atoms with Crippen LogP contribution in [-0.4, -0.2) is 32.4 Å². The molecule has 0 aromatic carbocycles. The number of hydrogen-bond donors (Lipinski definition) is 1. The smallest absolute Gasteiger partial charge is 0.360 e. The van der Waals surface area contributed by atoms with Crippen LogP contribution in [0.15, 0.2) is 18.6 Å². The van der Waals surface area contributed by atoms with E-state index in [9.17, 15) is 4.79 Å². The quantitative estimate of drug-likeness (QED) is 0.720. The number of carbonyl (C=O) groups excluding carboxylic acids is 1. The van der Waals surface area contributed by atoms with Crippen LogP contribution in [0.4, 0.5) is 5.69 Å². The van der Waals surface area contributed by atoms with Crippen molar-refractivity contribution in [2.75, 3.05) is 12.8 Å². The molecule has 2 aromatic heterocycles. The Hall–Kier alpha value is -2.31. The first kappa shape index (κ1) is 10.2. The molecule has 0 atom stereocenters. The molecule has 0 bridgehead atoms. The van der Waals surface area contributed by atoms with Crippen molar-refractivity contribution in [3.63, 3.8) is 0 Å². The maximum Gasteiger partial charge on any atom is 0.360 e. The number of nitrogen functional groups attached to an aromatic ring is 1. The normalized spacial score (nSPS) is 10.4. The number of imidazole rings is 1. The molecule has 2 heterocycles. The van der Waals surface area contributed by atoms with Gasteiger partial charge in [-0.15, -0.1) is 0 Å². The molecular weight excluding hydrogens is 210 g/mol. The van der Waals surface area contributed by atoms with Gasteiger partial charge in [0.05, 0.1) is 19.0 Å². The topological polar surface area (TPSA) is 88.0 Å². The Labute approximate surface area is 91.4 Å². The van der Waals surface area contributed by atoms with Crippen molar-refractivity contribution in [2.45, 2.75) is 0 Å². The van der Waals surface area contributed by atoms with Gasteiger partial charge in [-0.2, -0.15) is 5.10 Å². The number of nitrogens with two attached hydrogens (primary N) is 1. The molecule has 0 radical (unpaired) electrons. The van der Waals surface area contributed by atoms with Crippen LogP contribution in [0.25, 0.3) is 5.95 Å². The lowest BCUT2D eigenvalue weighted by molar-refractivity contribution is 0.0594. The van der Waals surface area contributed by atoms with E-state index in [1.807, 2.05) is 7.05 Å². The Kier molecular flexibility index (Phi) is 2.35. The molecule has 0 aliphatic heterocycles. The lowest BCUT2D eigenvalue weighted by atomic mass is 10.4. The predicted molar refractivity (Wildman–Crippen MR) is 56.1 cm³/mol. The van der Waals surface area contributed by atoms with Gasteiger partial charge in [-0.05, 0) is 0 Å². The highest BCUT2D eigenvalue weighted by Crippen LogP contribution is 2.13. The second-order valence-corrected chi connectivity index (χ2v) is 3.21. The van der Waals surface area contributed by atoms with Crippen LogP contribution in [0.5, 0.6) is 0 Å². The summed E-state index contributed by atoms with van der Waals surface area (Å²) in [6.45, 7) is 0. The average Bonchev–Trinajstić information content (AvgIpc) is 2.83. The average molecular weight is 221 g/mol. The van der Waals surface area contributed by atoms with Gasteiger partial charge in [-0.3, -0.25) is 0 Å². The Morgan fingerprint density at radius 1 is 1.56 bits per heavy atom. The van der Waals surface area contributed by atoms with Crippen LogP contribution >= 0.6 is 0 Å². The lowest BCUT2D eigenvalue weighted by Gasteiger charge is -1.99. The zero-order chi connectivity index (χ0) is 11.7. The van der Waals surface area contributed by atoms with E-state index in [4.69, 9.17) is 5.73 Å². The summed E-state index contributed by atoms with van der Waals surface area (Å²) in [4.78, 5) is 15.4. The number of methoxy groups -OCH3 is 1. The molecule has 16 heavy (non-hydrogen) atoms. The van der Waals surface area contributed by atoms with E-state index in [1.165, 1.54) is 18.0 Å². The van der Waals surface area contributed by atoms with Gasteiger partial charge in [0.2, 0.25) is 5.95 Å². The van der Waals surface area contributed by atoms with E-state index < -0.39 is 5.97 Å². The van der Waals surface area contributed by atoms with Crippen LogP contribution in [0.2, 0.25) is 0 Å². The number of anilines is 1. The minimum absolute atomic E-state index is 0.0884. The zero-order valence-corrected chi connectivity index (χ0v) is 8.91. The minimum Gasteiger partial charge on any atom is -0.464 e. The summed E-state index contributed by atoms with van der Waals surface area (Å²) < 4.78 is 7.75. The number of aromatic nitrogens is 4. The number of rotatable bonds is 2. The SMILES string of the molecule is COC(=O)c1nn(-c2nccn2C)cc1N. The molecule has 0 unspecified atom stereocenters. The van der Waals surface area contributed by atoms with Crippen molar-refractivity contribution < 1.29 is 9.53 Å². The fraction of sp³-hybridized carbons (Fsp3) is 0.222. The van der Waals surface area contributed by atoms with Crippen LogP contribution in [0.1, 0.15) is 10.5 Å². The van der Waals surface area contributed by atoms with E-state index in [-0.39, 0.29) is 11.4 Å². The highest BCUT2D eigenvalue weighted by atomic mass is 16.5. The predicted octanol–water partition coefficient (Wildman–Crippen LogP) is -0.0254. The van der Waals surface area contributed by atoms with Crippen molar-refractivity contribution in [3.05, 3.63) is 24.3 Å². The van der Waals surface area contributed by atoms with Gasteiger partial charge in [0.15, 0.2) is 5.69 Å². The maximum absolute atomic E-state index is 11.3. The first-order valence-electron chi connectivity index (χ1n) is 4.54. The Morgan fingerprint density at radius 3 is 2.88 bits per heavy atom. The third-order valence-electron chi connectivity index (χ3n) is 2.12. The van der Waals surface area contributed by atoms with Crippen molar-refractivity contribution in [1.29, 1.82) is 0 Å². The second kappa shape index (κ2) is 3.69. The van der Waals surface area contributed by atoms with Gasteiger partial charge in [-0.25, -0.2) is 14.5 Å². The molecule has 0 saturated heterocycles. The van der Waals surface area contributed by atoms with E-state index >= 15 is 0 Å². The first-order chi connectivity index (χ1) is 7.63. The Morgan fingerprint density at radius 2 is 2.31 bits per heavy atom. The summed E-state index contributed by atoms with van der Waals surface area (Å²) in [7, 11) is 3.10. The third kappa shape index (κ3) is 1.52. The summed E-state index contributed by atoms with van der Waals surface area (Å²) in [5.74, 6) is 0.00677. The van der Waals surface area contributed by atoms with Crippen molar-refractivity contribution in [1.82, 2.24) is 19.3 Å². The molecule has 0 aliphatic rings. The fourth-order valence-electron chi connectivity index (χ4n) is 1.32. The molecule has 0 aliphatic carbocycles. The zero-order valence-electron chi connectivity index (χ0n) is 8.91. The van der Waals surface area contributed by atoms with Gasteiger partial charge in [-0.1, -0.05) is 0 Å². The molecule has 84 valence electrons. The van der Waals surface area contributed by atoms with Crippen LogP contribution in [0.3, 0.4) is 0 Å². The second-order valence-electron chi connectivity index (χ2n) is 3.21. The summed E-state index contributed by atoms with van der Waals surface area (Å²) in [5, 5.41) is 4.02. The van der Waals surface area contributed by atoms with Crippen molar-refractivity contribution in [2.24, 2.45) is 7.05 Å². The summed E-state index contributed by atoms with van der Waals surface area (Å²) in [6, 6.07) is 0. The third-order valence-corrected chi connectivity index (χ3v) is 2.12. The standard InChI is InChI=1S/C9H11N5O2/c1-13-4-3-11-9(13)14-5-6(10)7(12-14)8(15)16-2/h3-5H,10H2,1-2H3. The summed E-state index contributed by atoms with van der Waals surface area (Å²) in [5.41, 5.74) is 6.00. The monoisotopic (exact) mass is 221 g/mol. The number of esters is 1. The lowest BCUT2D eigenvalue weighted by Crippen LogP contribution is -2.07. The fourth-order valence-corrected chi connectivity index (χ4v) is 1.32. The van der Waals surface area contributed by atoms with E-state index in [1.54, 1.807) is 17.0 Å². The van der Waals surface area contributed by atoms with Crippen molar-refractivity contribution >= 4 is 11.7 Å².